The van der Waals surface area contributed by atoms with Gasteiger partial charge in [0.05, 0.1) is 12.7 Å². The van der Waals surface area contributed by atoms with E-state index in [1.165, 1.54) is 6.07 Å². The summed E-state index contributed by atoms with van der Waals surface area (Å²) in [6, 6.07) is 11.3. The van der Waals surface area contributed by atoms with Gasteiger partial charge in [-0.1, -0.05) is 18.1 Å². The largest absolute Gasteiger partial charge is 0.389 e. The zero-order chi connectivity index (χ0) is 18.4. The number of aliphatic hydroxyl groups is 1. The van der Waals surface area contributed by atoms with Crippen LogP contribution in [0.4, 0.5) is 4.39 Å². The molecule has 5 heteroatoms. The number of aromatic nitrogens is 1. The fraction of sp³-hybridized carbons (Fsp3) is 0.429. The monoisotopic (exact) mass is 356 g/mol. The lowest BCUT2D eigenvalue weighted by atomic mass is 10.2. The summed E-state index contributed by atoms with van der Waals surface area (Å²) in [4.78, 5) is 2.29. The van der Waals surface area contributed by atoms with Crippen LogP contribution in [-0.4, -0.2) is 46.5 Å². The van der Waals surface area contributed by atoms with Gasteiger partial charge in [0.2, 0.25) is 0 Å². The third-order valence-corrected chi connectivity index (χ3v) is 4.53. The fourth-order valence-corrected chi connectivity index (χ4v) is 3.15. The topological polar surface area (TPSA) is 37.6 Å². The number of ether oxygens (including phenoxy) is 1. The average Bonchev–Trinajstić information content (AvgIpc) is 3.37. The number of nitrogens with zero attached hydrogens (tertiary/aromatic N) is 2. The molecule has 3 rings (SSSR count). The molecule has 0 aliphatic heterocycles. The Kier molecular flexibility index (Phi) is 6.45. The zero-order valence-electron chi connectivity index (χ0n) is 14.9. The summed E-state index contributed by atoms with van der Waals surface area (Å²) in [5, 5.41) is 10.2. The van der Waals surface area contributed by atoms with Crippen molar-refractivity contribution in [2.24, 2.45) is 0 Å². The lowest BCUT2D eigenvalue weighted by molar-refractivity contribution is 0.0238. The second-order valence-electron chi connectivity index (χ2n) is 6.79. The molecule has 26 heavy (non-hydrogen) atoms. The van der Waals surface area contributed by atoms with E-state index in [0.717, 1.165) is 30.6 Å². The van der Waals surface area contributed by atoms with E-state index < -0.39 is 6.10 Å². The molecule has 1 saturated carbocycles. The normalized spacial score (nSPS) is 15.2. The number of hydrogen-bond acceptors (Lipinski definition) is 3. The van der Waals surface area contributed by atoms with E-state index in [9.17, 15) is 9.50 Å². The lowest BCUT2D eigenvalue weighted by Crippen LogP contribution is -2.36. The van der Waals surface area contributed by atoms with Gasteiger partial charge in [-0.3, -0.25) is 4.90 Å². The first-order valence-corrected chi connectivity index (χ1v) is 8.97. The van der Waals surface area contributed by atoms with E-state index in [2.05, 4.69) is 21.5 Å². The highest BCUT2D eigenvalue weighted by atomic mass is 19.1. The molecule has 1 fully saturated rings. The maximum atomic E-state index is 13.4. The van der Waals surface area contributed by atoms with Crippen LogP contribution in [0.25, 0.3) is 0 Å². The minimum Gasteiger partial charge on any atom is -0.389 e. The molecule has 0 unspecified atom stereocenters. The minimum absolute atomic E-state index is 0.217. The van der Waals surface area contributed by atoms with Crippen molar-refractivity contribution in [2.75, 3.05) is 19.8 Å². The van der Waals surface area contributed by atoms with E-state index in [1.807, 2.05) is 18.3 Å². The Morgan fingerprint density at radius 1 is 1.35 bits per heavy atom. The third-order valence-electron chi connectivity index (χ3n) is 4.53. The summed E-state index contributed by atoms with van der Waals surface area (Å²) in [6.45, 7) is 2.40. The van der Waals surface area contributed by atoms with Gasteiger partial charge in [-0.05, 0) is 42.7 Å². The Bertz CT molecular complexity index is 748. The number of benzene rings is 1. The first kappa shape index (κ1) is 18.7. The molecule has 0 radical (unpaired) electrons. The zero-order valence-corrected chi connectivity index (χ0v) is 14.9. The van der Waals surface area contributed by atoms with Crippen molar-refractivity contribution in [2.45, 2.75) is 38.1 Å². The third kappa shape index (κ3) is 5.43. The first-order chi connectivity index (χ1) is 12.7. The van der Waals surface area contributed by atoms with Gasteiger partial charge < -0.3 is 14.4 Å². The Morgan fingerprint density at radius 3 is 2.92 bits per heavy atom. The second kappa shape index (κ2) is 9.00. The molecular weight excluding hydrogens is 331 g/mol. The highest BCUT2D eigenvalue weighted by Gasteiger charge is 2.30. The first-order valence-electron chi connectivity index (χ1n) is 8.97. The van der Waals surface area contributed by atoms with Crippen LogP contribution in [0.3, 0.4) is 0 Å². The Morgan fingerprint density at radius 2 is 2.19 bits per heavy atom. The van der Waals surface area contributed by atoms with Crippen molar-refractivity contribution in [3.05, 3.63) is 59.7 Å². The molecule has 0 amide bonds. The van der Waals surface area contributed by atoms with Gasteiger partial charge in [-0.15, -0.1) is 6.42 Å². The van der Waals surface area contributed by atoms with Crippen LogP contribution >= 0.6 is 0 Å². The summed E-state index contributed by atoms with van der Waals surface area (Å²) in [5.74, 6) is 2.19. The van der Waals surface area contributed by atoms with Gasteiger partial charge in [0.15, 0.2) is 0 Å². The molecule has 1 heterocycles. The van der Waals surface area contributed by atoms with Crippen LogP contribution < -0.4 is 0 Å². The summed E-state index contributed by atoms with van der Waals surface area (Å²) >= 11 is 0. The maximum absolute atomic E-state index is 13.4. The average molecular weight is 356 g/mol. The number of rotatable bonds is 10. The molecule has 1 aliphatic carbocycles. The van der Waals surface area contributed by atoms with E-state index in [1.54, 1.807) is 12.1 Å². The van der Waals surface area contributed by atoms with Crippen molar-refractivity contribution in [3.63, 3.8) is 0 Å². The van der Waals surface area contributed by atoms with Crippen molar-refractivity contribution in [1.82, 2.24) is 9.47 Å². The molecule has 0 saturated heterocycles. The number of aliphatic hydroxyl groups excluding tert-OH is 1. The molecule has 1 aromatic carbocycles. The molecule has 1 aromatic heterocycles. The van der Waals surface area contributed by atoms with Crippen LogP contribution in [0.1, 0.15) is 24.1 Å². The molecular formula is C21H25FN2O2. The molecule has 0 bridgehead atoms. The van der Waals surface area contributed by atoms with E-state index >= 15 is 0 Å². The second-order valence-corrected chi connectivity index (χ2v) is 6.79. The number of halogens is 1. The van der Waals surface area contributed by atoms with Crippen LogP contribution in [0.5, 0.6) is 0 Å². The summed E-state index contributed by atoms with van der Waals surface area (Å²) in [5.41, 5.74) is 2.08. The predicted molar refractivity (Wildman–Crippen MR) is 99.0 cm³/mol. The predicted octanol–water partition coefficient (Wildman–Crippen LogP) is 2.65. The van der Waals surface area contributed by atoms with Gasteiger partial charge in [0.25, 0.3) is 0 Å². The SMILES string of the molecule is C#CCOC[C@@H](O)CN(Cc1cccn1Cc1cccc(F)c1)C1CC1. The van der Waals surface area contributed by atoms with Crippen LogP contribution in [-0.2, 0) is 17.8 Å². The van der Waals surface area contributed by atoms with Crippen molar-refractivity contribution in [1.29, 1.82) is 0 Å². The Balaban J connectivity index is 1.61. The quantitative estimate of drug-likeness (QED) is 0.525. The molecule has 2 aromatic rings. The molecule has 1 N–H and O–H groups in total. The summed E-state index contributed by atoms with van der Waals surface area (Å²) < 4.78 is 20.8. The van der Waals surface area contributed by atoms with Gasteiger partial charge in [-0.2, -0.15) is 0 Å². The van der Waals surface area contributed by atoms with E-state index in [-0.39, 0.29) is 19.0 Å². The number of terminal acetylenes is 1. The highest BCUT2D eigenvalue weighted by molar-refractivity contribution is 5.19. The standard InChI is InChI=1S/C21H25FN2O2/c1-2-11-26-16-21(25)15-24(19-8-9-19)14-20-7-4-10-23(20)13-17-5-3-6-18(22)12-17/h1,3-7,10,12,19,21,25H,8-9,11,13-16H2/t21-/m0/s1. The van der Waals surface area contributed by atoms with Gasteiger partial charge in [0.1, 0.15) is 12.4 Å². The van der Waals surface area contributed by atoms with Crippen molar-refractivity contribution >= 4 is 0 Å². The molecule has 4 nitrogen and oxygen atoms in total. The summed E-state index contributed by atoms with van der Waals surface area (Å²) in [6.07, 6.45) is 8.92. The lowest BCUT2D eigenvalue weighted by Gasteiger charge is -2.25. The molecule has 1 aliphatic rings. The van der Waals surface area contributed by atoms with Crippen LogP contribution in [0, 0.1) is 18.2 Å². The smallest absolute Gasteiger partial charge is 0.123 e. The number of hydrogen-bond donors (Lipinski definition) is 1. The van der Waals surface area contributed by atoms with Gasteiger partial charge in [-0.25, -0.2) is 4.39 Å². The molecule has 0 spiro atoms. The van der Waals surface area contributed by atoms with E-state index in [0.29, 0.717) is 19.1 Å². The molecule has 138 valence electrons. The van der Waals surface area contributed by atoms with Crippen molar-refractivity contribution < 1.29 is 14.2 Å². The maximum Gasteiger partial charge on any atom is 0.123 e. The molecule has 1 atom stereocenters. The minimum atomic E-state index is -0.560. The Hall–Kier alpha value is -2.13. The van der Waals surface area contributed by atoms with Gasteiger partial charge >= 0.3 is 0 Å². The van der Waals surface area contributed by atoms with Crippen LogP contribution in [0.15, 0.2) is 42.6 Å². The van der Waals surface area contributed by atoms with E-state index in [4.69, 9.17) is 11.2 Å². The fourth-order valence-electron chi connectivity index (χ4n) is 3.15. The summed E-state index contributed by atoms with van der Waals surface area (Å²) in [7, 11) is 0. The highest BCUT2D eigenvalue weighted by Crippen LogP contribution is 2.28. The van der Waals surface area contributed by atoms with Crippen molar-refractivity contribution in [3.8, 4) is 12.3 Å². The Labute approximate surface area is 154 Å². The van der Waals surface area contributed by atoms with Crippen LogP contribution in [0.2, 0.25) is 0 Å². The van der Waals surface area contributed by atoms with Gasteiger partial charge in [0, 0.05) is 37.6 Å².